The third-order valence-corrected chi connectivity index (χ3v) is 4.96. The normalized spacial score (nSPS) is 17.1. The smallest absolute Gasteiger partial charge is 0.244 e. The fourth-order valence-corrected chi connectivity index (χ4v) is 3.60. The SMILES string of the molecule is Cc1ccc(CN)cc1S(=O)(=O)N1CC(=O)NC(=O)C1. The number of hydrogen-bond acceptors (Lipinski definition) is 5. The highest BCUT2D eigenvalue weighted by Gasteiger charge is 2.33. The van der Waals surface area contributed by atoms with Crippen LogP contribution in [0, 0.1) is 6.92 Å². The van der Waals surface area contributed by atoms with Gasteiger partial charge in [0.2, 0.25) is 21.8 Å². The quantitative estimate of drug-likeness (QED) is 0.703. The van der Waals surface area contributed by atoms with E-state index in [1.165, 1.54) is 6.07 Å². The summed E-state index contributed by atoms with van der Waals surface area (Å²) < 4.78 is 25.9. The van der Waals surface area contributed by atoms with Crippen LogP contribution >= 0.6 is 0 Å². The zero-order valence-electron chi connectivity index (χ0n) is 10.9. The van der Waals surface area contributed by atoms with Crippen molar-refractivity contribution in [1.29, 1.82) is 0 Å². The maximum Gasteiger partial charge on any atom is 0.244 e. The lowest BCUT2D eigenvalue weighted by atomic mass is 10.1. The summed E-state index contributed by atoms with van der Waals surface area (Å²) >= 11 is 0. The van der Waals surface area contributed by atoms with Crippen molar-refractivity contribution >= 4 is 21.8 Å². The van der Waals surface area contributed by atoms with Gasteiger partial charge in [-0.3, -0.25) is 14.9 Å². The molecule has 1 aliphatic heterocycles. The van der Waals surface area contributed by atoms with Crippen LogP contribution in [0.1, 0.15) is 11.1 Å². The summed E-state index contributed by atoms with van der Waals surface area (Å²) in [7, 11) is -3.90. The first-order chi connectivity index (χ1) is 9.34. The Labute approximate surface area is 116 Å². The number of amides is 2. The Hall–Kier alpha value is -1.77. The first-order valence-electron chi connectivity index (χ1n) is 5.97. The lowest BCUT2D eigenvalue weighted by molar-refractivity contribution is -0.134. The molecule has 7 nitrogen and oxygen atoms in total. The second-order valence-electron chi connectivity index (χ2n) is 4.55. The van der Waals surface area contributed by atoms with E-state index in [1.54, 1.807) is 19.1 Å². The Morgan fingerprint density at radius 1 is 1.25 bits per heavy atom. The highest BCUT2D eigenvalue weighted by atomic mass is 32.2. The van der Waals surface area contributed by atoms with Crippen LogP contribution in [0.3, 0.4) is 0 Å². The molecule has 0 aliphatic carbocycles. The lowest BCUT2D eigenvalue weighted by Gasteiger charge is -2.25. The number of carbonyl (C=O) groups is 2. The monoisotopic (exact) mass is 297 g/mol. The second kappa shape index (κ2) is 5.31. The summed E-state index contributed by atoms with van der Waals surface area (Å²) in [6.45, 7) is 1.14. The largest absolute Gasteiger partial charge is 0.326 e. The number of piperazine rings is 1. The fraction of sp³-hybridized carbons (Fsp3) is 0.333. The summed E-state index contributed by atoms with van der Waals surface area (Å²) in [5.41, 5.74) is 6.72. The summed E-state index contributed by atoms with van der Waals surface area (Å²) in [5, 5.41) is 2.07. The van der Waals surface area contributed by atoms with Gasteiger partial charge < -0.3 is 5.73 Å². The molecule has 1 saturated heterocycles. The molecule has 1 aliphatic rings. The molecule has 0 spiro atoms. The van der Waals surface area contributed by atoms with E-state index in [1.807, 2.05) is 0 Å². The highest BCUT2D eigenvalue weighted by molar-refractivity contribution is 7.89. The van der Waals surface area contributed by atoms with Crippen LogP contribution in [0.2, 0.25) is 0 Å². The summed E-state index contributed by atoms with van der Waals surface area (Å²) in [5.74, 6) is -1.25. The van der Waals surface area contributed by atoms with E-state index in [0.717, 1.165) is 4.31 Å². The van der Waals surface area contributed by atoms with Gasteiger partial charge in [0.15, 0.2) is 0 Å². The van der Waals surface area contributed by atoms with Crippen LogP contribution in [-0.4, -0.2) is 37.6 Å². The van der Waals surface area contributed by atoms with E-state index in [2.05, 4.69) is 5.32 Å². The number of sulfonamides is 1. The highest BCUT2D eigenvalue weighted by Crippen LogP contribution is 2.21. The molecule has 3 N–H and O–H groups in total. The minimum absolute atomic E-state index is 0.0722. The molecule has 108 valence electrons. The second-order valence-corrected chi connectivity index (χ2v) is 6.45. The molecule has 8 heteroatoms. The number of nitrogens with two attached hydrogens (primary N) is 1. The molecule has 2 rings (SSSR count). The molecule has 1 heterocycles. The van der Waals surface area contributed by atoms with Gasteiger partial charge in [-0.25, -0.2) is 8.42 Å². The van der Waals surface area contributed by atoms with Gasteiger partial charge in [-0.05, 0) is 24.1 Å². The van der Waals surface area contributed by atoms with Crippen LogP contribution < -0.4 is 11.1 Å². The van der Waals surface area contributed by atoms with E-state index < -0.39 is 21.8 Å². The van der Waals surface area contributed by atoms with Crippen molar-refractivity contribution in [3.63, 3.8) is 0 Å². The molecule has 0 radical (unpaired) electrons. The molecule has 0 aromatic heterocycles. The van der Waals surface area contributed by atoms with Gasteiger partial charge in [0.25, 0.3) is 0 Å². The molecule has 1 aromatic carbocycles. The van der Waals surface area contributed by atoms with Crippen molar-refractivity contribution < 1.29 is 18.0 Å². The molecule has 1 aromatic rings. The molecular formula is C12H15N3O4S. The number of rotatable bonds is 3. The van der Waals surface area contributed by atoms with Gasteiger partial charge in [-0.15, -0.1) is 0 Å². The first kappa shape index (κ1) is 14.6. The Morgan fingerprint density at radius 3 is 2.40 bits per heavy atom. The zero-order chi connectivity index (χ0) is 14.9. The molecule has 20 heavy (non-hydrogen) atoms. The third kappa shape index (κ3) is 2.72. The van der Waals surface area contributed by atoms with E-state index in [4.69, 9.17) is 5.73 Å². The number of carbonyl (C=O) groups excluding carboxylic acids is 2. The van der Waals surface area contributed by atoms with Gasteiger partial charge in [-0.1, -0.05) is 12.1 Å². The number of nitrogens with zero attached hydrogens (tertiary/aromatic N) is 1. The minimum Gasteiger partial charge on any atom is -0.326 e. The predicted molar refractivity (Wildman–Crippen MR) is 71.0 cm³/mol. The Kier molecular flexibility index (Phi) is 3.89. The average molecular weight is 297 g/mol. The molecule has 2 amide bonds. The van der Waals surface area contributed by atoms with Gasteiger partial charge >= 0.3 is 0 Å². The number of imide groups is 1. The van der Waals surface area contributed by atoms with E-state index in [9.17, 15) is 18.0 Å². The maximum absolute atomic E-state index is 12.5. The number of benzene rings is 1. The van der Waals surface area contributed by atoms with Crippen molar-refractivity contribution in [3.05, 3.63) is 29.3 Å². The van der Waals surface area contributed by atoms with E-state index in [-0.39, 0.29) is 24.5 Å². The maximum atomic E-state index is 12.5. The van der Waals surface area contributed by atoms with Crippen LogP contribution in [0.25, 0.3) is 0 Å². The fourth-order valence-electron chi connectivity index (χ4n) is 1.97. The lowest BCUT2D eigenvalue weighted by Crippen LogP contribution is -2.53. The average Bonchev–Trinajstić information content (AvgIpc) is 2.38. The van der Waals surface area contributed by atoms with Crippen molar-refractivity contribution in [1.82, 2.24) is 9.62 Å². The summed E-state index contributed by atoms with van der Waals surface area (Å²) in [4.78, 5) is 22.7. The third-order valence-electron chi connectivity index (χ3n) is 3.02. The van der Waals surface area contributed by atoms with Crippen molar-refractivity contribution in [3.8, 4) is 0 Å². The Morgan fingerprint density at radius 2 is 1.85 bits per heavy atom. The number of aryl methyl sites for hydroxylation is 1. The predicted octanol–water partition coefficient (Wildman–Crippen LogP) is -0.899. The summed E-state index contributed by atoms with van der Waals surface area (Å²) in [6, 6.07) is 4.87. The Balaban J connectivity index is 2.44. The van der Waals surface area contributed by atoms with Crippen LogP contribution in [-0.2, 0) is 26.2 Å². The molecule has 0 bridgehead atoms. The molecule has 1 fully saturated rings. The molecule has 0 saturated carbocycles. The van der Waals surface area contributed by atoms with E-state index >= 15 is 0 Å². The van der Waals surface area contributed by atoms with Gasteiger partial charge in [-0.2, -0.15) is 4.31 Å². The van der Waals surface area contributed by atoms with Crippen molar-refractivity contribution in [2.75, 3.05) is 13.1 Å². The first-order valence-corrected chi connectivity index (χ1v) is 7.41. The van der Waals surface area contributed by atoms with Crippen molar-refractivity contribution in [2.45, 2.75) is 18.4 Å². The zero-order valence-corrected chi connectivity index (χ0v) is 11.7. The van der Waals surface area contributed by atoms with Crippen molar-refractivity contribution in [2.24, 2.45) is 5.73 Å². The molecular weight excluding hydrogens is 282 g/mol. The van der Waals surface area contributed by atoms with Crippen LogP contribution in [0.5, 0.6) is 0 Å². The van der Waals surface area contributed by atoms with Crippen LogP contribution in [0.15, 0.2) is 23.1 Å². The van der Waals surface area contributed by atoms with Gasteiger partial charge in [0.1, 0.15) is 0 Å². The number of nitrogens with one attached hydrogen (secondary N) is 1. The van der Waals surface area contributed by atoms with Gasteiger partial charge in [0, 0.05) is 6.54 Å². The standard InChI is InChI=1S/C12H15N3O4S/c1-8-2-3-9(5-13)4-10(8)20(18,19)15-6-11(16)14-12(17)7-15/h2-4H,5-7,13H2,1H3,(H,14,16,17). The minimum atomic E-state index is -3.90. The Bertz CT molecular complexity index is 653. The summed E-state index contributed by atoms with van der Waals surface area (Å²) in [6.07, 6.45) is 0. The van der Waals surface area contributed by atoms with Gasteiger partial charge in [0.05, 0.1) is 18.0 Å². The topological polar surface area (TPSA) is 110 Å². The number of hydrogen-bond donors (Lipinski definition) is 2. The molecule has 0 unspecified atom stereocenters. The van der Waals surface area contributed by atoms with E-state index in [0.29, 0.717) is 11.1 Å². The van der Waals surface area contributed by atoms with Crippen LogP contribution in [0.4, 0.5) is 0 Å². The molecule has 0 atom stereocenters.